The van der Waals surface area contributed by atoms with Gasteiger partial charge < -0.3 is 10.6 Å². The normalized spacial score (nSPS) is 28.2. The van der Waals surface area contributed by atoms with Crippen LogP contribution in [-0.2, 0) is 0 Å². The van der Waals surface area contributed by atoms with Crippen LogP contribution in [0.25, 0.3) is 0 Å². The van der Waals surface area contributed by atoms with Gasteiger partial charge in [-0.15, -0.1) is 0 Å². The van der Waals surface area contributed by atoms with Crippen molar-refractivity contribution in [1.29, 1.82) is 0 Å². The average molecular weight is 245 g/mol. The van der Waals surface area contributed by atoms with Crippen molar-refractivity contribution in [2.24, 2.45) is 0 Å². The Morgan fingerprint density at radius 2 is 1.94 bits per heavy atom. The van der Waals surface area contributed by atoms with Crippen molar-refractivity contribution >= 4 is 0 Å². The second kappa shape index (κ2) is 5.83. The summed E-state index contributed by atoms with van der Waals surface area (Å²) in [4.78, 5) is 2.55. The summed E-state index contributed by atoms with van der Waals surface area (Å²) in [6.07, 6.45) is 1.31. The molecule has 0 radical (unpaired) electrons. The number of hydrogen-bond acceptors (Lipinski definition) is 3. The van der Waals surface area contributed by atoms with Crippen LogP contribution in [0.2, 0.25) is 0 Å². The molecule has 2 unspecified atom stereocenters. The lowest BCUT2D eigenvalue weighted by Crippen LogP contribution is -2.46. The van der Waals surface area contributed by atoms with Gasteiger partial charge in [-0.3, -0.25) is 4.90 Å². The SMILES string of the molecule is c1ccc(C2CC2NCCN2CCNCC2)cc1. The zero-order valence-electron chi connectivity index (χ0n) is 10.9. The number of nitrogens with one attached hydrogen (secondary N) is 2. The first-order chi connectivity index (χ1) is 8.93. The molecule has 1 aromatic carbocycles. The van der Waals surface area contributed by atoms with Crippen molar-refractivity contribution < 1.29 is 0 Å². The zero-order valence-corrected chi connectivity index (χ0v) is 10.9. The summed E-state index contributed by atoms with van der Waals surface area (Å²) in [5, 5.41) is 7.08. The molecule has 0 bridgehead atoms. The fraction of sp³-hybridized carbons (Fsp3) is 0.600. The first-order valence-electron chi connectivity index (χ1n) is 7.15. The molecule has 2 N–H and O–H groups in total. The first kappa shape index (κ1) is 12.2. The van der Waals surface area contributed by atoms with Gasteiger partial charge in [0.15, 0.2) is 0 Å². The molecular formula is C15H23N3. The summed E-state index contributed by atoms with van der Waals surface area (Å²) in [6.45, 7) is 7.03. The second-order valence-corrected chi connectivity index (χ2v) is 5.41. The predicted octanol–water partition coefficient (Wildman–Crippen LogP) is 1.04. The minimum absolute atomic E-state index is 0.718. The van der Waals surface area contributed by atoms with Crippen LogP contribution in [0.1, 0.15) is 17.9 Å². The third-order valence-electron chi connectivity index (χ3n) is 4.06. The van der Waals surface area contributed by atoms with Gasteiger partial charge in [0, 0.05) is 51.2 Å². The first-order valence-corrected chi connectivity index (χ1v) is 7.15. The highest BCUT2D eigenvalue weighted by Crippen LogP contribution is 2.40. The molecular weight excluding hydrogens is 222 g/mol. The maximum Gasteiger partial charge on any atom is 0.0143 e. The maximum absolute atomic E-state index is 3.69. The summed E-state index contributed by atoms with van der Waals surface area (Å²) >= 11 is 0. The third kappa shape index (κ3) is 3.10. The van der Waals surface area contributed by atoms with Crippen LogP contribution < -0.4 is 10.6 Å². The summed E-state index contributed by atoms with van der Waals surface area (Å²) in [6, 6.07) is 11.6. The smallest absolute Gasteiger partial charge is 0.0143 e. The molecule has 1 saturated heterocycles. The number of rotatable bonds is 5. The molecule has 1 saturated carbocycles. The molecule has 3 heteroatoms. The molecule has 2 fully saturated rings. The van der Waals surface area contributed by atoms with E-state index in [4.69, 9.17) is 0 Å². The van der Waals surface area contributed by atoms with Gasteiger partial charge in [0.2, 0.25) is 0 Å². The van der Waals surface area contributed by atoms with Gasteiger partial charge in [-0.1, -0.05) is 30.3 Å². The Morgan fingerprint density at radius 3 is 2.72 bits per heavy atom. The Labute approximate surface area is 110 Å². The van der Waals surface area contributed by atoms with Crippen molar-refractivity contribution in [2.45, 2.75) is 18.4 Å². The molecule has 3 nitrogen and oxygen atoms in total. The monoisotopic (exact) mass is 245 g/mol. The van der Waals surface area contributed by atoms with Crippen molar-refractivity contribution in [3.63, 3.8) is 0 Å². The van der Waals surface area contributed by atoms with Crippen LogP contribution in [0.4, 0.5) is 0 Å². The summed E-state index contributed by atoms with van der Waals surface area (Å²) in [7, 11) is 0. The van der Waals surface area contributed by atoms with Gasteiger partial charge in [-0.05, 0) is 12.0 Å². The van der Waals surface area contributed by atoms with E-state index < -0.39 is 0 Å². The van der Waals surface area contributed by atoms with Crippen LogP contribution in [0, 0.1) is 0 Å². The highest BCUT2D eigenvalue weighted by molar-refractivity contribution is 5.27. The number of piperazine rings is 1. The van der Waals surface area contributed by atoms with Gasteiger partial charge in [0.25, 0.3) is 0 Å². The lowest BCUT2D eigenvalue weighted by Gasteiger charge is -2.27. The summed E-state index contributed by atoms with van der Waals surface area (Å²) in [5.74, 6) is 0.759. The van der Waals surface area contributed by atoms with Crippen LogP contribution in [-0.4, -0.2) is 50.2 Å². The van der Waals surface area contributed by atoms with Crippen molar-refractivity contribution in [2.75, 3.05) is 39.3 Å². The Balaban J connectivity index is 1.36. The minimum atomic E-state index is 0.718. The largest absolute Gasteiger partial charge is 0.314 e. The van der Waals surface area contributed by atoms with Gasteiger partial charge in [0.05, 0.1) is 0 Å². The van der Waals surface area contributed by atoms with Crippen LogP contribution in [0.15, 0.2) is 30.3 Å². The van der Waals surface area contributed by atoms with Crippen molar-refractivity contribution in [3.05, 3.63) is 35.9 Å². The molecule has 1 aliphatic carbocycles. The molecule has 1 aromatic rings. The van der Waals surface area contributed by atoms with Crippen LogP contribution in [0.3, 0.4) is 0 Å². The van der Waals surface area contributed by atoms with Gasteiger partial charge in [-0.2, -0.15) is 0 Å². The zero-order chi connectivity index (χ0) is 12.2. The Kier molecular flexibility index (Phi) is 3.93. The molecule has 0 amide bonds. The van der Waals surface area contributed by atoms with Gasteiger partial charge in [0.1, 0.15) is 0 Å². The van der Waals surface area contributed by atoms with Gasteiger partial charge in [-0.25, -0.2) is 0 Å². The molecule has 0 spiro atoms. The van der Waals surface area contributed by atoms with E-state index >= 15 is 0 Å². The fourth-order valence-corrected chi connectivity index (χ4v) is 2.83. The van der Waals surface area contributed by atoms with E-state index in [0.29, 0.717) is 0 Å². The summed E-state index contributed by atoms with van der Waals surface area (Å²) in [5.41, 5.74) is 1.50. The highest BCUT2D eigenvalue weighted by Gasteiger charge is 2.37. The number of nitrogens with zero attached hydrogens (tertiary/aromatic N) is 1. The Hall–Kier alpha value is -0.900. The van der Waals surface area contributed by atoms with Crippen LogP contribution in [0.5, 0.6) is 0 Å². The Bertz CT molecular complexity index is 359. The molecule has 1 aliphatic heterocycles. The lowest BCUT2D eigenvalue weighted by atomic mass is 10.1. The molecule has 3 rings (SSSR count). The molecule has 0 aromatic heterocycles. The molecule has 2 aliphatic rings. The standard InChI is InChI=1S/C15H23N3/c1-2-4-13(5-3-1)14-12-15(14)17-8-11-18-9-6-16-7-10-18/h1-5,14-17H,6-12H2. The number of hydrogen-bond donors (Lipinski definition) is 2. The van der Waals surface area contributed by atoms with E-state index in [1.807, 2.05) is 0 Å². The molecule has 1 heterocycles. The summed E-state index contributed by atoms with van der Waals surface area (Å²) < 4.78 is 0. The fourth-order valence-electron chi connectivity index (χ4n) is 2.83. The van der Waals surface area contributed by atoms with E-state index in [1.165, 1.54) is 31.6 Å². The molecule has 98 valence electrons. The van der Waals surface area contributed by atoms with E-state index in [9.17, 15) is 0 Å². The highest BCUT2D eigenvalue weighted by atomic mass is 15.2. The maximum atomic E-state index is 3.69. The minimum Gasteiger partial charge on any atom is -0.314 e. The molecule has 18 heavy (non-hydrogen) atoms. The van der Waals surface area contributed by atoms with E-state index in [-0.39, 0.29) is 0 Å². The lowest BCUT2D eigenvalue weighted by molar-refractivity contribution is 0.241. The van der Waals surface area contributed by atoms with Gasteiger partial charge >= 0.3 is 0 Å². The van der Waals surface area contributed by atoms with Crippen molar-refractivity contribution in [1.82, 2.24) is 15.5 Å². The van der Waals surface area contributed by atoms with E-state index in [2.05, 4.69) is 45.9 Å². The second-order valence-electron chi connectivity index (χ2n) is 5.41. The average Bonchev–Trinajstić information content (AvgIpc) is 3.21. The van der Waals surface area contributed by atoms with E-state index in [1.54, 1.807) is 0 Å². The topological polar surface area (TPSA) is 27.3 Å². The van der Waals surface area contributed by atoms with E-state index in [0.717, 1.165) is 31.6 Å². The van der Waals surface area contributed by atoms with Crippen molar-refractivity contribution in [3.8, 4) is 0 Å². The molecule has 2 atom stereocenters. The predicted molar refractivity (Wildman–Crippen MR) is 74.9 cm³/mol. The third-order valence-corrected chi connectivity index (χ3v) is 4.06. The van der Waals surface area contributed by atoms with Crippen LogP contribution >= 0.6 is 0 Å². The Morgan fingerprint density at radius 1 is 1.17 bits per heavy atom. The number of benzene rings is 1. The quantitative estimate of drug-likeness (QED) is 0.811.